The third-order valence-corrected chi connectivity index (χ3v) is 2.41. The average molecular weight is 176 g/mol. The molecule has 0 spiro atoms. The third kappa shape index (κ3) is 2.89. The minimum Gasteiger partial charge on any atom is -0.381 e. The third-order valence-electron chi connectivity index (χ3n) is 2.41. The van der Waals surface area contributed by atoms with Gasteiger partial charge in [-0.1, -0.05) is 6.92 Å². The molecule has 2 atom stereocenters. The van der Waals surface area contributed by atoms with E-state index in [9.17, 15) is 8.78 Å². The fourth-order valence-corrected chi connectivity index (χ4v) is 1.47. The van der Waals surface area contributed by atoms with Crippen LogP contribution in [0.2, 0.25) is 0 Å². The standard InChI is InChI=1S/C9H14F2O/c1-7(2-3-9(10)11)8-4-5-12-6-8/h3,7-8H,2,4-6H2,1H3. The van der Waals surface area contributed by atoms with Crippen molar-refractivity contribution in [3.63, 3.8) is 0 Å². The van der Waals surface area contributed by atoms with Gasteiger partial charge in [0.2, 0.25) is 0 Å². The van der Waals surface area contributed by atoms with Gasteiger partial charge in [-0.25, -0.2) is 0 Å². The molecule has 2 unspecified atom stereocenters. The molecule has 1 fully saturated rings. The van der Waals surface area contributed by atoms with Crippen LogP contribution in [-0.4, -0.2) is 13.2 Å². The van der Waals surface area contributed by atoms with E-state index in [1.54, 1.807) is 0 Å². The fraction of sp³-hybridized carbons (Fsp3) is 0.778. The lowest BCUT2D eigenvalue weighted by Gasteiger charge is -2.14. The summed E-state index contributed by atoms with van der Waals surface area (Å²) in [6, 6.07) is 0. The Morgan fingerprint density at radius 3 is 2.92 bits per heavy atom. The topological polar surface area (TPSA) is 9.23 Å². The van der Waals surface area contributed by atoms with Crippen LogP contribution >= 0.6 is 0 Å². The van der Waals surface area contributed by atoms with Crippen LogP contribution in [0.1, 0.15) is 19.8 Å². The fourth-order valence-electron chi connectivity index (χ4n) is 1.47. The Balaban J connectivity index is 2.27. The second-order valence-electron chi connectivity index (χ2n) is 3.33. The van der Waals surface area contributed by atoms with Crippen molar-refractivity contribution in [2.75, 3.05) is 13.2 Å². The highest BCUT2D eigenvalue weighted by Gasteiger charge is 2.21. The van der Waals surface area contributed by atoms with E-state index in [2.05, 4.69) is 0 Å². The van der Waals surface area contributed by atoms with Gasteiger partial charge in [0.1, 0.15) is 0 Å². The summed E-state index contributed by atoms with van der Waals surface area (Å²) in [7, 11) is 0. The highest BCUT2D eigenvalue weighted by atomic mass is 19.3. The Kier molecular flexibility index (Phi) is 3.66. The molecule has 1 nitrogen and oxygen atoms in total. The van der Waals surface area contributed by atoms with E-state index in [-0.39, 0.29) is 0 Å². The maximum atomic E-state index is 11.7. The molecule has 12 heavy (non-hydrogen) atoms. The first-order valence-electron chi connectivity index (χ1n) is 4.29. The first-order chi connectivity index (χ1) is 5.70. The van der Waals surface area contributed by atoms with Crippen molar-refractivity contribution < 1.29 is 13.5 Å². The van der Waals surface area contributed by atoms with Gasteiger partial charge in [0.15, 0.2) is 0 Å². The van der Waals surface area contributed by atoms with E-state index in [0.717, 1.165) is 25.7 Å². The van der Waals surface area contributed by atoms with Crippen molar-refractivity contribution in [3.05, 3.63) is 12.2 Å². The molecule has 1 aliphatic heterocycles. The van der Waals surface area contributed by atoms with E-state index in [0.29, 0.717) is 18.3 Å². The van der Waals surface area contributed by atoms with Gasteiger partial charge in [-0.2, -0.15) is 8.78 Å². The van der Waals surface area contributed by atoms with Crippen molar-refractivity contribution >= 4 is 0 Å². The number of hydrogen-bond acceptors (Lipinski definition) is 1. The average Bonchev–Trinajstić information content (AvgIpc) is 2.51. The SMILES string of the molecule is CC(CC=C(F)F)C1CCOC1. The van der Waals surface area contributed by atoms with Gasteiger partial charge in [-0.3, -0.25) is 0 Å². The van der Waals surface area contributed by atoms with Gasteiger partial charge in [0, 0.05) is 13.2 Å². The largest absolute Gasteiger partial charge is 0.381 e. The van der Waals surface area contributed by atoms with Crippen molar-refractivity contribution in [3.8, 4) is 0 Å². The Hall–Kier alpha value is -0.440. The first kappa shape index (κ1) is 9.65. The Labute approximate surface area is 71.4 Å². The molecular formula is C9H14F2O. The van der Waals surface area contributed by atoms with Gasteiger partial charge in [-0.15, -0.1) is 0 Å². The van der Waals surface area contributed by atoms with E-state index in [1.165, 1.54) is 0 Å². The molecule has 1 rings (SSSR count). The van der Waals surface area contributed by atoms with Crippen LogP contribution in [0.4, 0.5) is 8.78 Å². The van der Waals surface area contributed by atoms with Crippen LogP contribution in [0.5, 0.6) is 0 Å². The van der Waals surface area contributed by atoms with Crippen LogP contribution in [0.25, 0.3) is 0 Å². The van der Waals surface area contributed by atoms with Crippen molar-refractivity contribution in [1.82, 2.24) is 0 Å². The second kappa shape index (κ2) is 4.55. The highest BCUT2D eigenvalue weighted by Crippen LogP contribution is 2.25. The molecule has 1 saturated heterocycles. The van der Waals surface area contributed by atoms with Gasteiger partial charge < -0.3 is 4.74 Å². The second-order valence-corrected chi connectivity index (χ2v) is 3.33. The highest BCUT2D eigenvalue weighted by molar-refractivity contribution is 4.84. The van der Waals surface area contributed by atoms with Crippen molar-refractivity contribution in [1.29, 1.82) is 0 Å². The predicted octanol–water partition coefficient (Wildman–Crippen LogP) is 2.83. The summed E-state index contributed by atoms with van der Waals surface area (Å²) in [6.07, 6.45) is 0.920. The molecule has 1 aliphatic rings. The van der Waals surface area contributed by atoms with Gasteiger partial charge >= 0.3 is 0 Å². The molecule has 0 radical (unpaired) electrons. The molecule has 0 N–H and O–H groups in total. The van der Waals surface area contributed by atoms with Gasteiger partial charge in [-0.05, 0) is 30.8 Å². The summed E-state index contributed by atoms with van der Waals surface area (Å²) < 4.78 is 28.6. The molecule has 0 aromatic rings. The number of halogens is 2. The van der Waals surface area contributed by atoms with Crippen LogP contribution in [0.15, 0.2) is 12.2 Å². The number of ether oxygens (including phenoxy) is 1. The molecule has 0 saturated carbocycles. The maximum Gasteiger partial charge on any atom is 0.266 e. The summed E-state index contributed by atoms with van der Waals surface area (Å²) in [4.78, 5) is 0. The zero-order valence-electron chi connectivity index (χ0n) is 7.22. The normalized spacial score (nSPS) is 25.4. The minimum absolute atomic E-state index is 0.314. The van der Waals surface area contributed by atoms with E-state index >= 15 is 0 Å². The lowest BCUT2D eigenvalue weighted by atomic mass is 9.91. The van der Waals surface area contributed by atoms with E-state index < -0.39 is 6.08 Å². The first-order valence-corrected chi connectivity index (χ1v) is 4.29. The van der Waals surface area contributed by atoms with Crippen molar-refractivity contribution in [2.24, 2.45) is 11.8 Å². The number of hydrogen-bond donors (Lipinski definition) is 0. The number of allylic oxidation sites excluding steroid dienone is 1. The summed E-state index contributed by atoms with van der Waals surface area (Å²) in [5, 5.41) is 0. The summed E-state index contributed by atoms with van der Waals surface area (Å²) in [5.74, 6) is 0.787. The zero-order chi connectivity index (χ0) is 8.97. The minimum atomic E-state index is -1.57. The monoisotopic (exact) mass is 176 g/mol. The number of rotatable bonds is 3. The summed E-state index contributed by atoms with van der Waals surface area (Å²) in [6.45, 7) is 3.53. The van der Waals surface area contributed by atoms with Gasteiger partial charge in [0.05, 0.1) is 0 Å². The molecule has 0 aromatic carbocycles. The molecule has 3 heteroatoms. The van der Waals surface area contributed by atoms with Crippen molar-refractivity contribution in [2.45, 2.75) is 19.8 Å². The Morgan fingerprint density at radius 2 is 2.42 bits per heavy atom. The lowest BCUT2D eigenvalue weighted by Crippen LogP contribution is -2.10. The van der Waals surface area contributed by atoms with E-state index in [4.69, 9.17) is 4.74 Å². The Morgan fingerprint density at radius 1 is 1.67 bits per heavy atom. The molecule has 1 heterocycles. The Bertz CT molecular complexity index is 158. The predicted molar refractivity (Wildman–Crippen MR) is 43.0 cm³/mol. The quantitative estimate of drug-likeness (QED) is 0.642. The smallest absolute Gasteiger partial charge is 0.266 e. The van der Waals surface area contributed by atoms with E-state index in [1.807, 2.05) is 6.92 Å². The maximum absolute atomic E-state index is 11.7. The van der Waals surface area contributed by atoms with Crippen LogP contribution < -0.4 is 0 Å². The van der Waals surface area contributed by atoms with Crippen LogP contribution in [0.3, 0.4) is 0 Å². The lowest BCUT2D eigenvalue weighted by molar-refractivity contribution is 0.174. The van der Waals surface area contributed by atoms with Crippen LogP contribution in [0, 0.1) is 11.8 Å². The van der Waals surface area contributed by atoms with Crippen LogP contribution in [-0.2, 0) is 4.74 Å². The molecular weight excluding hydrogens is 162 g/mol. The van der Waals surface area contributed by atoms with Gasteiger partial charge in [0.25, 0.3) is 6.08 Å². The summed E-state index contributed by atoms with van der Waals surface area (Å²) in [5.41, 5.74) is 0. The molecule has 0 amide bonds. The molecule has 70 valence electrons. The molecule has 0 bridgehead atoms. The zero-order valence-corrected chi connectivity index (χ0v) is 7.22. The summed E-state index contributed by atoms with van der Waals surface area (Å²) >= 11 is 0. The molecule has 0 aromatic heterocycles. The molecule has 0 aliphatic carbocycles.